The number of rotatable bonds is 7. The van der Waals surface area contributed by atoms with Gasteiger partial charge in [-0.25, -0.2) is 4.79 Å². The Morgan fingerprint density at radius 1 is 1.19 bits per heavy atom. The zero-order valence-corrected chi connectivity index (χ0v) is 15.9. The first-order valence-corrected chi connectivity index (χ1v) is 9.24. The number of esters is 2. The van der Waals surface area contributed by atoms with Crippen LogP contribution in [0.25, 0.3) is 10.2 Å². The summed E-state index contributed by atoms with van der Waals surface area (Å²) in [6, 6.07) is 6.95. The maximum atomic E-state index is 12.2. The lowest BCUT2D eigenvalue weighted by Gasteiger charge is -2.15. The summed E-state index contributed by atoms with van der Waals surface area (Å²) in [5, 5.41) is 0. The summed E-state index contributed by atoms with van der Waals surface area (Å²) >= 11 is 1.32. The van der Waals surface area contributed by atoms with E-state index in [-0.39, 0.29) is 19.4 Å². The number of para-hydroxylation sites is 1. The first-order chi connectivity index (χ1) is 12.5. The van der Waals surface area contributed by atoms with E-state index in [9.17, 15) is 14.4 Å². The minimum atomic E-state index is -0.576. The van der Waals surface area contributed by atoms with Crippen LogP contribution in [0.3, 0.4) is 0 Å². The number of amides is 1. The Morgan fingerprint density at radius 2 is 1.92 bits per heavy atom. The molecule has 0 aliphatic heterocycles. The van der Waals surface area contributed by atoms with Crippen LogP contribution in [0.15, 0.2) is 29.3 Å². The fourth-order valence-electron chi connectivity index (χ4n) is 2.57. The van der Waals surface area contributed by atoms with Crippen molar-refractivity contribution in [2.45, 2.75) is 39.2 Å². The molecule has 0 bridgehead atoms. The van der Waals surface area contributed by atoms with Crippen molar-refractivity contribution in [3.63, 3.8) is 0 Å². The minimum absolute atomic E-state index is 0.0186. The van der Waals surface area contributed by atoms with Crippen molar-refractivity contribution in [3.05, 3.63) is 29.1 Å². The molecule has 1 amide bonds. The molecule has 2 rings (SSSR count). The van der Waals surface area contributed by atoms with Crippen LogP contribution in [0.2, 0.25) is 0 Å². The second-order valence-electron chi connectivity index (χ2n) is 5.48. The van der Waals surface area contributed by atoms with E-state index in [4.69, 9.17) is 9.47 Å². The van der Waals surface area contributed by atoms with Gasteiger partial charge in [0.05, 0.1) is 30.4 Å². The van der Waals surface area contributed by atoms with E-state index in [2.05, 4.69) is 4.99 Å². The van der Waals surface area contributed by atoms with Crippen LogP contribution in [0.5, 0.6) is 0 Å². The van der Waals surface area contributed by atoms with E-state index in [1.165, 1.54) is 18.4 Å². The van der Waals surface area contributed by atoms with Crippen molar-refractivity contribution < 1.29 is 23.9 Å². The standard InChI is InChI=1S/C18H22N2O5S/c1-4-12(17(23)24-3)20-13-8-6-7-9-14(13)26-18(20)19-15(21)10-11-16(22)25-5-2/h6-9,12H,4-5,10-11H2,1-3H3/b19-18-. The summed E-state index contributed by atoms with van der Waals surface area (Å²) in [4.78, 5) is 40.4. The van der Waals surface area contributed by atoms with E-state index in [0.717, 1.165) is 10.2 Å². The Labute approximate surface area is 155 Å². The summed E-state index contributed by atoms with van der Waals surface area (Å²) in [6.45, 7) is 3.85. The number of fused-ring (bicyclic) bond motifs is 1. The molecule has 0 N–H and O–H groups in total. The fraction of sp³-hybridized carbons (Fsp3) is 0.444. The third-order valence-electron chi connectivity index (χ3n) is 3.77. The predicted octanol–water partition coefficient (Wildman–Crippen LogP) is 2.60. The molecule has 8 heteroatoms. The van der Waals surface area contributed by atoms with Crippen molar-refractivity contribution in [1.29, 1.82) is 0 Å². The molecule has 0 fully saturated rings. The van der Waals surface area contributed by atoms with Gasteiger partial charge in [-0.3, -0.25) is 9.59 Å². The molecule has 0 saturated carbocycles. The van der Waals surface area contributed by atoms with Gasteiger partial charge in [-0.05, 0) is 25.5 Å². The Morgan fingerprint density at radius 3 is 2.58 bits per heavy atom. The molecule has 0 spiro atoms. The monoisotopic (exact) mass is 378 g/mol. The lowest BCUT2D eigenvalue weighted by molar-refractivity contribution is -0.145. The van der Waals surface area contributed by atoms with Gasteiger partial charge in [0.2, 0.25) is 5.91 Å². The summed E-state index contributed by atoms with van der Waals surface area (Å²) in [5.74, 6) is -1.25. The van der Waals surface area contributed by atoms with Crippen LogP contribution in [-0.4, -0.2) is 36.1 Å². The van der Waals surface area contributed by atoms with E-state index in [0.29, 0.717) is 11.2 Å². The van der Waals surface area contributed by atoms with Crippen LogP contribution < -0.4 is 4.80 Å². The molecule has 7 nitrogen and oxygen atoms in total. The summed E-state index contributed by atoms with van der Waals surface area (Å²) in [7, 11) is 1.33. The molecule has 0 aliphatic rings. The van der Waals surface area contributed by atoms with Gasteiger partial charge < -0.3 is 14.0 Å². The largest absolute Gasteiger partial charge is 0.467 e. The summed E-state index contributed by atoms with van der Waals surface area (Å²) < 4.78 is 12.4. The van der Waals surface area contributed by atoms with Gasteiger partial charge >= 0.3 is 11.9 Å². The Balaban J connectivity index is 2.42. The van der Waals surface area contributed by atoms with Gasteiger partial charge in [0.1, 0.15) is 6.04 Å². The first-order valence-electron chi connectivity index (χ1n) is 8.42. The van der Waals surface area contributed by atoms with Gasteiger partial charge in [-0.1, -0.05) is 30.4 Å². The number of nitrogens with zero attached hydrogens (tertiary/aromatic N) is 2. The number of hydrogen-bond acceptors (Lipinski definition) is 6. The topological polar surface area (TPSA) is 87.0 Å². The smallest absolute Gasteiger partial charge is 0.328 e. The quantitative estimate of drug-likeness (QED) is 0.691. The molecule has 0 radical (unpaired) electrons. The van der Waals surface area contributed by atoms with Crippen LogP contribution in [0, 0.1) is 0 Å². The number of benzene rings is 1. The Bertz CT molecular complexity index is 868. The van der Waals surface area contributed by atoms with Crippen molar-refractivity contribution in [3.8, 4) is 0 Å². The average Bonchev–Trinajstić information content (AvgIpc) is 2.98. The zero-order chi connectivity index (χ0) is 19.1. The van der Waals surface area contributed by atoms with E-state index in [1.807, 2.05) is 31.2 Å². The number of ether oxygens (including phenoxy) is 2. The highest BCUT2D eigenvalue weighted by Crippen LogP contribution is 2.23. The highest BCUT2D eigenvalue weighted by atomic mass is 32.1. The molecular formula is C18H22N2O5S. The molecule has 140 valence electrons. The molecule has 26 heavy (non-hydrogen) atoms. The van der Waals surface area contributed by atoms with Crippen LogP contribution >= 0.6 is 11.3 Å². The molecule has 1 heterocycles. The lowest BCUT2D eigenvalue weighted by atomic mass is 10.2. The molecule has 0 saturated heterocycles. The number of aromatic nitrogens is 1. The van der Waals surface area contributed by atoms with Gasteiger partial charge in [-0.2, -0.15) is 4.99 Å². The number of hydrogen-bond donors (Lipinski definition) is 0. The first kappa shape index (κ1) is 19.8. The lowest BCUT2D eigenvalue weighted by Crippen LogP contribution is -2.28. The van der Waals surface area contributed by atoms with Crippen LogP contribution in [0.1, 0.15) is 39.2 Å². The molecule has 1 aromatic heterocycles. The Hall–Kier alpha value is -2.48. The highest BCUT2D eigenvalue weighted by Gasteiger charge is 2.23. The average molecular weight is 378 g/mol. The van der Waals surface area contributed by atoms with Gasteiger partial charge in [0.15, 0.2) is 4.80 Å². The number of thiazole rings is 1. The van der Waals surface area contributed by atoms with E-state index < -0.39 is 23.9 Å². The highest BCUT2D eigenvalue weighted by molar-refractivity contribution is 7.16. The molecule has 2 aromatic rings. The maximum Gasteiger partial charge on any atom is 0.328 e. The molecule has 0 aliphatic carbocycles. The van der Waals surface area contributed by atoms with Gasteiger partial charge in [-0.15, -0.1) is 0 Å². The van der Waals surface area contributed by atoms with Crippen LogP contribution in [0.4, 0.5) is 0 Å². The normalized spacial score (nSPS) is 12.8. The van der Waals surface area contributed by atoms with Crippen molar-refractivity contribution in [2.75, 3.05) is 13.7 Å². The predicted molar refractivity (Wildman–Crippen MR) is 97.6 cm³/mol. The van der Waals surface area contributed by atoms with E-state index in [1.54, 1.807) is 11.5 Å². The minimum Gasteiger partial charge on any atom is -0.467 e. The van der Waals surface area contributed by atoms with Gasteiger partial charge in [0, 0.05) is 6.42 Å². The second kappa shape index (κ2) is 9.28. The van der Waals surface area contributed by atoms with Crippen molar-refractivity contribution in [2.24, 2.45) is 4.99 Å². The number of methoxy groups -OCH3 is 1. The molecule has 1 aromatic carbocycles. The fourth-order valence-corrected chi connectivity index (χ4v) is 3.65. The second-order valence-corrected chi connectivity index (χ2v) is 6.49. The number of carbonyl (C=O) groups is 3. The summed E-state index contributed by atoms with van der Waals surface area (Å²) in [5.41, 5.74) is 0.812. The molecular weight excluding hydrogens is 356 g/mol. The maximum absolute atomic E-state index is 12.2. The van der Waals surface area contributed by atoms with Crippen LogP contribution in [-0.2, 0) is 23.9 Å². The molecule has 1 unspecified atom stereocenters. The molecule has 1 atom stereocenters. The number of carbonyl (C=O) groups excluding carboxylic acids is 3. The Kier molecular flexibility index (Phi) is 7.08. The van der Waals surface area contributed by atoms with Gasteiger partial charge in [0.25, 0.3) is 0 Å². The SMILES string of the molecule is CCOC(=O)CCC(=O)/N=c1\sc2ccccc2n1C(CC)C(=O)OC. The third-order valence-corrected chi connectivity index (χ3v) is 4.81. The third kappa shape index (κ3) is 4.57. The summed E-state index contributed by atoms with van der Waals surface area (Å²) in [6.07, 6.45) is 0.439. The zero-order valence-electron chi connectivity index (χ0n) is 15.1. The van der Waals surface area contributed by atoms with E-state index >= 15 is 0 Å². The van der Waals surface area contributed by atoms with Crippen molar-refractivity contribution >= 4 is 39.4 Å². The van der Waals surface area contributed by atoms with Crippen molar-refractivity contribution in [1.82, 2.24) is 4.57 Å².